The van der Waals surface area contributed by atoms with Crippen molar-refractivity contribution >= 4 is 62.3 Å². The van der Waals surface area contributed by atoms with E-state index in [9.17, 15) is 18.0 Å². The fraction of sp³-hybridized carbons (Fsp3) is 0.235. The third-order valence-electron chi connectivity index (χ3n) is 6.97. The van der Waals surface area contributed by atoms with Crippen LogP contribution >= 0.6 is 34.8 Å². The van der Waals surface area contributed by atoms with Crippen molar-refractivity contribution in [1.82, 2.24) is 10.2 Å². The lowest BCUT2D eigenvalue weighted by Gasteiger charge is -2.34. The molecule has 7 nitrogen and oxygen atoms in total. The van der Waals surface area contributed by atoms with Crippen molar-refractivity contribution in [2.24, 2.45) is 5.92 Å². The van der Waals surface area contributed by atoms with Crippen LogP contribution in [0.2, 0.25) is 15.1 Å². The Morgan fingerprint density at radius 3 is 2.00 bits per heavy atom. The summed E-state index contributed by atoms with van der Waals surface area (Å²) >= 11 is 18.6. The van der Waals surface area contributed by atoms with Gasteiger partial charge in [-0.3, -0.25) is 13.9 Å². The highest BCUT2D eigenvalue weighted by Crippen LogP contribution is 2.28. The minimum absolute atomic E-state index is 0.0103. The number of carbonyl (C=O) groups is 2. The van der Waals surface area contributed by atoms with Crippen molar-refractivity contribution in [2.45, 2.75) is 37.8 Å². The van der Waals surface area contributed by atoms with E-state index >= 15 is 0 Å². The van der Waals surface area contributed by atoms with Crippen molar-refractivity contribution in [3.8, 4) is 0 Å². The number of rotatable bonds is 13. The molecule has 0 aliphatic rings. The van der Waals surface area contributed by atoms with Gasteiger partial charge in [-0.1, -0.05) is 97.2 Å². The molecule has 0 aromatic heterocycles. The Morgan fingerprint density at radius 2 is 1.38 bits per heavy atom. The molecule has 45 heavy (non-hydrogen) atoms. The summed E-state index contributed by atoms with van der Waals surface area (Å²) in [5.74, 6) is -0.767. The average molecular weight is 687 g/mol. The summed E-state index contributed by atoms with van der Waals surface area (Å²) in [6.45, 7) is 3.77. The molecule has 0 radical (unpaired) electrons. The third-order valence-corrected chi connectivity index (χ3v) is 9.48. The lowest BCUT2D eigenvalue weighted by Crippen LogP contribution is -2.53. The fourth-order valence-corrected chi connectivity index (χ4v) is 6.63. The van der Waals surface area contributed by atoms with Gasteiger partial charge >= 0.3 is 0 Å². The lowest BCUT2D eigenvalue weighted by atomic mass is 10.0. The summed E-state index contributed by atoms with van der Waals surface area (Å²) in [4.78, 5) is 29.6. The van der Waals surface area contributed by atoms with Gasteiger partial charge in [-0.05, 0) is 71.6 Å². The van der Waals surface area contributed by atoms with Crippen molar-refractivity contribution in [3.05, 3.63) is 129 Å². The monoisotopic (exact) mass is 685 g/mol. The molecule has 0 saturated heterocycles. The van der Waals surface area contributed by atoms with Crippen LogP contribution in [0.4, 0.5) is 5.69 Å². The van der Waals surface area contributed by atoms with Crippen LogP contribution in [0, 0.1) is 5.92 Å². The van der Waals surface area contributed by atoms with E-state index < -0.39 is 28.5 Å². The summed E-state index contributed by atoms with van der Waals surface area (Å²) in [6.07, 6.45) is 0.207. The van der Waals surface area contributed by atoms with Crippen LogP contribution in [0.1, 0.15) is 25.0 Å². The first-order valence-corrected chi connectivity index (χ1v) is 16.9. The molecular formula is C34H34Cl3N3O4S. The first-order valence-electron chi connectivity index (χ1n) is 14.3. The van der Waals surface area contributed by atoms with E-state index in [1.165, 1.54) is 35.2 Å². The zero-order valence-corrected chi connectivity index (χ0v) is 28.0. The highest BCUT2D eigenvalue weighted by Gasteiger charge is 2.34. The Balaban J connectivity index is 1.80. The minimum atomic E-state index is -4.28. The molecule has 1 unspecified atom stereocenters. The molecule has 1 atom stereocenters. The van der Waals surface area contributed by atoms with Crippen molar-refractivity contribution in [3.63, 3.8) is 0 Å². The fourth-order valence-electron chi connectivity index (χ4n) is 4.70. The van der Waals surface area contributed by atoms with Crippen molar-refractivity contribution in [2.75, 3.05) is 17.4 Å². The molecule has 0 heterocycles. The second-order valence-corrected chi connectivity index (χ2v) is 14.1. The third kappa shape index (κ3) is 9.47. The van der Waals surface area contributed by atoms with Crippen LogP contribution in [0.25, 0.3) is 0 Å². The van der Waals surface area contributed by atoms with E-state index in [1.54, 1.807) is 42.5 Å². The number of sulfonamides is 1. The number of hydrogen-bond acceptors (Lipinski definition) is 4. The summed E-state index contributed by atoms with van der Waals surface area (Å²) in [6, 6.07) is 27.3. The Morgan fingerprint density at radius 1 is 0.756 bits per heavy atom. The number of benzene rings is 4. The van der Waals surface area contributed by atoms with Gasteiger partial charge in [0.2, 0.25) is 11.8 Å². The normalized spacial score (nSPS) is 12.0. The second kappa shape index (κ2) is 15.6. The van der Waals surface area contributed by atoms with Crippen LogP contribution in [-0.2, 0) is 32.6 Å². The smallest absolute Gasteiger partial charge is 0.264 e. The summed E-state index contributed by atoms with van der Waals surface area (Å²) in [5.41, 5.74) is 1.71. The highest BCUT2D eigenvalue weighted by molar-refractivity contribution is 7.92. The Labute approximate surface area is 279 Å². The second-order valence-electron chi connectivity index (χ2n) is 10.9. The van der Waals surface area contributed by atoms with Gasteiger partial charge in [-0.15, -0.1) is 0 Å². The average Bonchev–Trinajstić information content (AvgIpc) is 3.01. The maximum Gasteiger partial charge on any atom is 0.264 e. The predicted octanol–water partition coefficient (Wildman–Crippen LogP) is 7.25. The molecule has 0 aliphatic carbocycles. The first kappa shape index (κ1) is 34.3. The van der Waals surface area contributed by atoms with Crippen LogP contribution in [0.15, 0.2) is 108 Å². The largest absolute Gasteiger partial charge is 0.354 e. The number of halogens is 3. The van der Waals surface area contributed by atoms with E-state index in [0.29, 0.717) is 27.2 Å². The van der Waals surface area contributed by atoms with Gasteiger partial charge in [0.15, 0.2) is 0 Å². The first-order chi connectivity index (χ1) is 21.4. The molecule has 0 spiro atoms. The molecule has 236 valence electrons. The molecule has 0 aliphatic heterocycles. The Bertz CT molecular complexity index is 1720. The van der Waals surface area contributed by atoms with Crippen LogP contribution in [-0.4, -0.2) is 44.3 Å². The molecule has 2 amide bonds. The molecule has 4 aromatic carbocycles. The van der Waals surface area contributed by atoms with Gasteiger partial charge in [-0.2, -0.15) is 0 Å². The molecule has 11 heteroatoms. The van der Waals surface area contributed by atoms with Gasteiger partial charge in [-0.25, -0.2) is 8.42 Å². The zero-order valence-electron chi connectivity index (χ0n) is 24.9. The Kier molecular flexibility index (Phi) is 11.9. The Hall–Kier alpha value is -3.56. The summed E-state index contributed by atoms with van der Waals surface area (Å²) in [7, 11) is -4.28. The standard InChI is InChI=1S/C34H34Cl3N3O4S/c1-24(2)21-38-34(42)32(19-25-8-4-3-5-9-25)39(22-26-10-6-11-28(36)18-26)33(41)23-40(30-13-7-12-29(37)20-30)45(43,44)31-16-14-27(35)15-17-31/h3-18,20,24,32H,19,21-23H2,1-2H3,(H,38,42). The van der Waals surface area contributed by atoms with Gasteiger partial charge in [0, 0.05) is 34.6 Å². The van der Waals surface area contributed by atoms with Crippen molar-refractivity contribution < 1.29 is 18.0 Å². The van der Waals surface area contributed by atoms with Crippen LogP contribution in [0.3, 0.4) is 0 Å². The number of nitrogens with zero attached hydrogens (tertiary/aromatic N) is 2. The number of amides is 2. The van der Waals surface area contributed by atoms with Gasteiger partial charge < -0.3 is 10.2 Å². The molecular weight excluding hydrogens is 653 g/mol. The highest BCUT2D eigenvalue weighted by atomic mass is 35.5. The summed E-state index contributed by atoms with van der Waals surface area (Å²) < 4.78 is 29.1. The van der Waals surface area contributed by atoms with Crippen molar-refractivity contribution in [1.29, 1.82) is 0 Å². The van der Waals surface area contributed by atoms with Crippen LogP contribution < -0.4 is 9.62 Å². The molecule has 0 fully saturated rings. The molecule has 4 rings (SSSR count). The van der Waals surface area contributed by atoms with E-state index in [-0.39, 0.29) is 35.4 Å². The summed E-state index contributed by atoms with van der Waals surface area (Å²) in [5, 5.41) is 4.09. The SMILES string of the molecule is CC(C)CNC(=O)C(Cc1ccccc1)N(Cc1cccc(Cl)c1)C(=O)CN(c1cccc(Cl)c1)S(=O)(=O)c1ccc(Cl)cc1. The molecule has 1 N–H and O–H groups in total. The molecule has 0 saturated carbocycles. The topological polar surface area (TPSA) is 86.8 Å². The number of hydrogen-bond donors (Lipinski definition) is 1. The maximum atomic E-state index is 14.5. The quantitative estimate of drug-likeness (QED) is 0.161. The zero-order chi connectivity index (χ0) is 32.6. The van der Waals surface area contributed by atoms with Gasteiger partial charge in [0.05, 0.1) is 10.6 Å². The number of nitrogens with one attached hydrogen (secondary N) is 1. The molecule has 4 aromatic rings. The minimum Gasteiger partial charge on any atom is -0.354 e. The van der Waals surface area contributed by atoms with Gasteiger partial charge in [0.25, 0.3) is 10.0 Å². The lowest BCUT2D eigenvalue weighted by molar-refractivity contribution is -0.140. The maximum absolute atomic E-state index is 14.5. The number of carbonyl (C=O) groups excluding carboxylic acids is 2. The molecule has 0 bridgehead atoms. The van der Waals surface area contributed by atoms with E-state index in [1.807, 2.05) is 44.2 Å². The van der Waals surface area contributed by atoms with Crippen LogP contribution in [0.5, 0.6) is 0 Å². The van der Waals surface area contributed by atoms with E-state index in [2.05, 4.69) is 5.32 Å². The van der Waals surface area contributed by atoms with E-state index in [0.717, 1.165) is 9.87 Å². The van der Waals surface area contributed by atoms with Gasteiger partial charge in [0.1, 0.15) is 12.6 Å². The number of anilines is 1. The predicted molar refractivity (Wildman–Crippen MR) is 181 cm³/mol. The van der Waals surface area contributed by atoms with E-state index in [4.69, 9.17) is 34.8 Å².